The lowest BCUT2D eigenvalue weighted by Gasteiger charge is -2.28. The molecule has 1 aliphatic heterocycles. The predicted molar refractivity (Wildman–Crippen MR) is 102 cm³/mol. The van der Waals surface area contributed by atoms with Gasteiger partial charge in [0, 0.05) is 18.2 Å². The Labute approximate surface area is 163 Å². The van der Waals surface area contributed by atoms with Gasteiger partial charge in [-0.3, -0.25) is 4.79 Å². The van der Waals surface area contributed by atoms with Crippen molar-refractivity contribution in [2.24, 2.45) is 0 Å². The summed E-state index contributed by atoms with van der Waals surface area (Å²) in [6, 6.07) is 12.6. The summed E-state index contributed by atoms with van der Waals surface area (Å²) in [6.45, 7) is -0.313. The number of hydrogen-bond donors (Lipinski definition) is 0. The van der Waals surface area contributed by atoms with Crippen LogP contribution in [-0.4, -0.2) is 50.5 Å². The number of halogens is 1. The molecular formula is C20H22FNO5S. The molecule has 1 atom stereocenters. The van der Waals surface area contributed by atoms with E-state index in [9.17, 15) is 17.6 Å². The summed E-state index contributed by atoms with van der Waals surface area (Å²) in [5.41, 5.74) is 0.331. The minimum atomic E-state index is -3.20. The van der Waals surface area contributed by atoms with E-state index >= 15 is 0 Å². The summed E-state index contributed by atoms with van der Waals surface area (Å²) in [4.78, 5) is 14.3. The maximum atomic E-state index is 14.1. The highest BCUT2D eigenvalue weighted by Crippen LogP contribution is 2.26. The third kappa shape index (κ3) is 4.81. The number of methoxy groups -OCH3 is 1. The second-order valence-electron chi connectivity index (χ2n) is 6.61. The molecule has 1 saturated heterocycles. The topological polar surface area (TPSA) is 72.9 Å². The molecule has 0 aliphatic carbocycles. The molecule has 8 heteroatoms. The summed E-state index contributed by atoms with van der Waals surface area (Å²) in [6.07, 6.45) is 0.331. The summed E-state index contributed by atoms with van der Waals surface area (Å²) in [7, 11) is -1.70. The number of hydrogen-bond acceptors (Lipinski definition) is 5. The van der Waals surface area contributed by atoms with Gasteiger partial charge in [0.1, 0.15) is 5.82 Å². The first-order valence-corrected chi connectivity index (χ1v) is 10.7. The van der Waals surface area contributed by atoms with Crippen molar-refractivity contribution >= 4 is 15.7 Å². The third-order valence-electron chi connectivity index (χ3n) is 4.69. The number of rotatable bonds is 7. The highest BCUT2D eigenvalue weighted by atomic mass is 32.2. The van der Waals surface area contributed by atoms with Crippen LogP contribution in [0.5, 0.6) is 11.5 Å². The van der Waals surface area contributed by atoms with Crippen LogP contribution in [0.3, 0.4) is 0 Å². The Bertz CT molecular complexity index is 947. The molecule has 1 fully saturated rings. The van der Waals surface area contributed by atoms with Crippen LogP contribution < -0.4 is 9.47 Å². The first-order valence-electron chi connectivity index (χ1n) is 8.89. The van der Waals surface area contributed by atoms with Crippen molar-refractivity contribution in [3.8, 4) is 11.5 Å². The highest BCUT2D eigenvalue weighted by molar-refractivity contribution is 7.91. The summed E-state index contributed by atoms with van der Waals surface area (Å²) >= 11 is 0. The quantitative estimate of drug-likeness (QED) is 0.705. The molecule has 1 heterocycles. The van der Waals surface area contributed by atoms with Gasteiger partial charge in [0.2, 0.25) is 0 Å². The van der Waals surface area contributed by atoms with Crippen molar-refractivity contribution in [1.82, 2.24) is 4.90 Å². The van der Waals surface area contributed by atoms with Gasteiger partial charge in [-0.2, -0.15) is 0 Å². The van der Waals surface area contributed by atoms with Gasteiger partial charge in [0.05, 0.1) is 18.6 Å². The minimum Gasteiger partial charge on any atom is -0.493 e. The number of para-hydroxylation sites is 2. The molecule has 3 rings (SSSR count). The van der Waals surface area contributed by atoms with Gasteiger partial charge in [-0.05, 0) is 24.6 Å². The van der Waals surface area contributed by atoms with E-state index in [2.05, 4.69) is 0 Å². The maximum Gasteiger partial charge on any atom is 0.261 e. The number of carbonyl (C=O) groups excluding carboxylic acids is 1. The van der Waals surface area contributed by atoms with E-state index in [-0.39, 0.29) is 24.7 Å². The fourth-order valence-corrected chi connectivity index (χ4v) is 4.94. The lowest BCUT2D eigenvalue weighted by molar-refractivity contribution is -0.136. The van der Waals surface area contributed by atoms with E-state index in [1.807, 2.05) is 0 Å². The van der Waals surface area contributed by atoms with Gasteiger partial charge in [-0.25, -0.2) is 12.8 Å². The van der Waals surface area contributed by atoms with Crippen molar-refractivity contribution < 1.29 is 27.1 Å². The van der Waals surface area contributed by atoms with Gasteiger partial charge < -0.3 is 14.4 Å². The number of sulfone groups is 1. The SMILES string of the molecule is COc1ccccc1OCC(=O)N(Cc1ccccc1F)[C@H]1CCS(=O)(=O)C1. The van der Waals surface area contributed by atoms with Gasteiger partial charge in [-0.15, -0.1) is 0 Å². The van der Waals surface area contributed by atoms with Crippen LogP contribution in [0.25, 0.3) is 0 Å². The number of carbonyl (C=O) groups is 1. The molecule has 28 heavy (non-hydrogen) atoms. The van der Waals surface area contributed by atoms with Crippen LogP contribution in [0, 0.1) is 5.82 Å². The molecule has 2 aromatic rings. The van der Waals surface area contributed by atoms with Crippen LogP contribution in [-0.2, 0) is 21.2 Å². The van der Waals surface area contributed by atoms with Crippen molar-refractivity contribution in [3.63, 3.8) is 0 Å². The fourth-order valence-electron chi connectivity index (χ4n) is 3.21. The minimum absolute atomic E-state index is 0.0129. The Balaban J connectivity index is 1.77. The lowest BCUT2D eigenvalue weighted by Crippen LogP contribution is -2.43. The Kier molecular flexibility index (Phi) is 6.18. The number of benzene rings is 2. The highest BCUT2D eigenvalue weighted by Gasteiger charge is 2.35. The Morgan fingerprint density at radius 3 is 2.46 bits per heavy atom. The van der Waals surface area contributed by atoms with Crippen molar-refractivity contribution in [1.29, 1.82) is 0 Å². The van der Waals surface area contributed by atoms with Crippen LogP contribution in [0.1, 0.15) is 12.0 Å². The Hall–Kier alpha value is -2.61. The summed E-state index contributed by atoms with van der Waals surface area (Å²) in [5.74, 6) is -0.0563. The van der Waals surface area contributed by atoms with Gasteiger partial charge in [-0.1, -0.05) is 30.3 Å². The molecule has 6 nitrogen and oxygen atoms in total. The standard InChI is InChI=1S/C20H22FNO5S/c1-26-18-8-4-5-9-19(18)27-13-20(23)22(16-10-11-28(24,25)14-16)12-15-6-2-3-7-17(15)21/h2-9,16H,10-14H2,1H3/t16-/m0/s1. The third-order valence-corrected chi connectivity index (χ3v) is 6.44. The predicted octanol–water partition coefficient (Wildman–Crippen LogP) is 2.43. The monoisotopic (exact) mass is 407 g/mol. The molecule has 150 valence electrons. The Morgan fingerprint density at radius 2 is 1.82 bits per heavy atom. The van der Waals surface area contributed by atoms with Crippen molar-refractivity contribution in [2.45, 2.75) is 19.0 Å². The molecule has 1 amide bonds. The van der Waals surface area contributed by atoms with Crippen LogP contribution in [0.4, 0.5) is 4.39 Å². The van der Waals surface area contributed by atoms with E-state index < -0.39 is 27.6 Å². The number of amides is 1. The van der Waals surface area contributed by atoms with E-state index in [4.69, 9.17) is 9.47 Å². The molecule has 0 radical (unpaired) electrons. The molecule has 0 bridgehead atoms. The second-order valence-corrected chi connectivity index (χ2v) is 8.84. The summed E-state index contributed by atoms with van der Waals surface area (Å²) < 4.78 is 48.7. The van der Waals surface area contributed by atoms with Crippen LogP contribution >= 0.6 is 0 Å². The van der Waals surface area contributed by atoms with Gasteiger partial charge >= 0.3 is 0 Å². The lowest BCUT2D eigenvalue weighted by atomic mass is 10.1. The zero-order valence-electron chi connectivity index (χ0n) is 15.5. The zero-order valence-corrected chi connectivity index (χ0v) is 16.3. The second kappa shape index (κ2) is 8.60. The molecule has 0 saturated carbocycles. The molecule has 2 aromatic carbocycles. The number of nitrogens with zero attached hydrogens (tertiary/aromatic N) is 1. The van der Waals surface area contributed by atoms with Gasteiger partial charge in [0.25, 0.3) is 5.91 Å². The maximum absolute atomic E-state index is 14.1. The van der Waals surface area contributed by atoms with E-state index in [0.717, 1.165) is 0 Å². The van der Waals surface area contributed by atoms with Crippen molar-refractivity contribution in [2.75, 3.05) is 25.2 Å². The van der Waals surface area contributed by atoms with Crippen LogP contribution in [0.15, 0.2) is 48.5 Å². The zero-order chi connectivity index (χ0) is 20.1. The van der Waals surface area contributed by atoms with Crippen LogP contribution in [0.2, 0.25) is 0 Å². The first-order chi connectivity index (χ1) is 13.4. The molecule has 0 N–H and O–H groups in total. The Morgan fingerprint density at radius 1 is 1.14 bits per heavy atom. The summed E-state index contributed by atoms with van der Waals surface area (Å²) in [5, 5.41) is 0. The molecule has 0 unspecified atom stereocenters. The largest absolute Gasteiger partial charge is 0.493 e. The molecular weight excluding hydrogens is 385 g/mol. The molecule has 1 aliphatic rings. The van der Waals surface area contributed by atoms with Gasteiger partial charge in [0.15, 0.2) is 27.9 Å². The smallest absolute Gasteiger partial charge is 0.261 e. The average Bonchev–Trinajstić information content (AvgIpc) is 3.05. The first kappa shape index (κ1) is 20.1. The normalized spacial score (nSPS) is 17.9. The number of ether oxygens (including phenoxy) is 2. The average molecular weight is 407 g/mol. The van der Waals surface area contributed by atoms with E-state index in [1.165, 1.54) is 18.1 Å². The van der Waals surface area contributed by atoms with E-state index in [0.29, 0.717) is 23.5 Å². The molecule has 0 spiro atoms. The fraction of sp³-hybridized carbons (Fsp3) is 0.350. The van der Waals surface area contributed by atoms with E-state index in [1.54, 1.807) is 42.5 Å². The molecule has 0 aromatic heterocycles. The van der Waals surface area contributed by atoms with Crippen molar-refractivity contribution in [3.05, 3.63) is 59.9 Å².